The summed E-state index contributed by atoms with van der Waals surface area (Å²) >= 11 is 0. The molecule has 0 radical (unpaired) electrons. The molecule has 0 unspecified atom stereocenters. The van der Waals surface area contributed by atoms with Gasteiger partial charge in [-0.15, -0.1) is 5.10 Å². The lowest BCUT2D eigenvalue weighted by atomic mass is 10.1. The van der Waals surface area contributed by atoms with E-state index < -0.39 is 0 Å². The van der Waals surface area contributed by atoms with E-state index >= 15 is 0 Å². The van der Waals surface area contributed by atoms with E-state index in [-0.39, 0.29) is 18.3 Å². The van der Waals surface area contributed by atoms with Crippen LogP contribution in [0, 0.1) is 5.82 Å². The largest absolute Gasteiger partial charge is 0.347 e. The van der Waals surface area contributed by atoms with Crippen molar-refractivity contribution >= 4 is 22.5 Å². The molecule has 7 heteroatoms. The second-order valence-electron chi connectivity index (χ2n) is 8.41. The Balaban J connectivity index is 1.31. The molecule has 0 atom stereocenters. The van der Waals surface area contributed by atoms with Crippen LogP contribution in [0.2, 0.25) is 0 Å². The molecule has 0 fully saturated rings. The molecule has 0 saturated heterocycles. The molecule has 0 aliphatic carbocycles. The standard InChI is InChI=1S/C26H30FN5O/c1-2-3-4-5-6-7-15-31-16-14-21-17-23(12-13-25(21)31)28-26(33)19-32-18-24(29-30-32)20-8-10-22(27)11-9-20/h8-14,16-18H,2-7,15,19H2,1H3,(H,28,33). The van der Waals surface area contributed by atoms with Crippen molar-refractivity contribution in [2.75, 3.05) is 5.32 Å². The van der Waals surface area contributed by atoms with Crippen molar-refractivity contribution < 1.29 is 9.18 Å². The first-order valence-corrected chi connectivity index (χ1v) is 11.7. The van der Waals surface area contributed by atoms with Crippen molar-refractivity contribution in [3.05, 3.63) is 66.7 Å². The maximum absolute atomic E-state index is 13.1. The maximum atomic E-state index is 13.1. The number of fused-ring (bicyclic) bond motifs is 1. The topological polar surface area (TPSA) is 64.7 Å². The Morgan fingerprint density at radius 3 is 2.61 bits per heavy atom. The van der Waals surface area contributed by atoms with Crippen molar-refractivity contribution in [2.45, 2.75) is 58.5 Å². The second kappa shape index (κ2) is 10.9. The molecule has 4 aromatic rings. The van der Waals surface area contributed by atoms with E-state index in [0.717, 1.165) is 23.2 Å². The average molecular weight is 448 g/mol. The predicted octanol–water partition coefficient (Wildman–Crippen LogP) is 6.04. The highest BCUT2D eigenvalue weighted by atomic mass is 19.1. The Bertz CT molecular complexity index is 1200. The average Bonchev–Trinajstić information content (AvgIpc) is 3.43. The Hall–Kier alpha value is -3.48. The number of carbonyl (C=O) groups is 1. The van der Waals surface area contributed by atoms with Gasteiger partial charge in [-0.3, -0.25) is 4.79 Å². The SMILES string of the molecule is CCCCCCCCn1ccc2cc(NC(=O)Cn3cc(-c4ccc(F)cc4)nn3)ccc21. The number of unbranched alkanes of at least 4 members (excludes halogenated alkanes) is 5. The van der Waals surface area contributed by atoms with Crippen LogP contribution in [0.3, 0.4) is 0 Å². The minimum Gasteiger partial charge on any atom is -0.347 e. The predicted molar refractivity (Wildman–Crippen MR) is 129 cm³/mol. The zero-order valence-electron chi connectivity index (χ0n) is 19.0. The molecule has 0 spiro atoms. The molecule has 1 N–H and O–H groups in total. The van der Waals surface area contributed by atoms with E-state index in [4.69, 9.17) is 0 Å². The minimum absolute atomic E-state index is 0.0469. The van der Waals surface area contributed by atoms with Gasteiger partial charge < -0.3 is 9.88 Å². The number of halogens is 1. The number of benzene rings is 2. The Labute approximate surface area is 193 Å². The van der Waals surface area contributed by atoms with Gasteiger partial charge >= 0.3 is 0 Å². The van der Waals surface area contributed by atoms with E-state index in [2.05, 4.69) is 45.4 Å². The van der Waals surface area contributed by atoms with Gasteiger partial charge in [0.2, 0.25) is 5.91 Å². The molecule has 33 heavy (non-hydrogen) atoms. The lowest BCUT2D eigenvalue weighted by Crippen LogP contribution is -2.19. The molecule has 0 saturated carbocycles. The van der Waals surface area contributed by atoms with Gasteiger partial charge in [-0.05, 0) is 55.0 Å². The lowest BCUT2D eigenvalue weighted by Gasteiger charge is -2.08. The van der Waals surface area contributed by atoms with Crippen LogP contribution in [0.25, 0.3) is 22.2 Å². The summed E-state index contributed by atoms with van der Waals surface area (Å²) < 4.78 is 16.9. The number of nitrogens with zero attached hydrogens (tertiary/aromatic N) is 4. The van der Waals surface area contributed by atoms with Crippen LogP contribution in [-0.4, -0.2) is 25.5 Å². The summed E-state index contributed by atoms with van der Waals surface area (Å²) in [6, 6.07) is 14.1. The molecule has 2 aromatic carbocycles. The number of anilines is 1. The molecule has 1 amide bonds. The first-order chi connectivity index (χ1) is 16.1. The number of nitrogens with one attached hydrogen (secondary N) is 1. The fourth-order valence-electron chi connectivity index (χ4n) is 4.01. The van der Waals surface area contributed by atoms with Gasteiger partial charge in [0, 0.05) is 34.9 Å². The van der Waals surface area contributed by atoms with Crippen LogP contribution in [0.1, 0.15) is 45.4 Å². The Morgan fingerprint density at radius 2 is 1.79 bits per heavy atom. The van der Waals surface area contributed by atoms with Crippen LogP contribution in [-0.2, 0) is 17.9 Å². The summed E-state index contributed by atoms with van der Waals surface area (Å²) in [5.41, 5.74) is 3.28. The maximum Gasteiger partial charge on any atom is 0.246 e. The summed E-state index contributed by atoms with van der Waals surface area (Å²) in [6.07, 6.45) is 11.5. The zero-order chi connectivity index (χ0) is 23.0. The van der Waals surface area contributed by atoms with E-state index in [9.17, 15) is 9.18 Å². The van der Waals surface area contributed by atoms with E-state index in [0.29, 0.717) is 5.69 Å². The molecule has 172 valence electrons. The number of aromatic nitrogens is 4. The molecule has 0 bridgehead atoms. The number of hydrogen-bond donors (Lipinski definition) is 1. The van der Waals surface area contributed by atoms with E-state index in [1.54, 1.807) is 18.3 Å². The van der Waals surface area contributed by atoms with Gasteiger partial charge in [-0.1, -0.05) is 44.2 Å². The summed E-state index contributed by atoms with van der Waals surface area (Å²) in [5, 5.41) is 12.1. The summed E-state index contributed by atoms with van der Waals surface area (Å²) in [6.45, 7) is 3.30. The Kier molecular flexibility index (Phi) is 7.50. The number of amides is 1. The molecular weight excluding hydrogens is 417 g/mol. The summed E-state index contributed by atoms with van der Waals surface area (Å²) in [7, 11) is 0. The van der Waals surface area contributed by atoms with Crippen molar-refractivity contribution in [1.29, 1.82) is 0 Å². The minimum atomic E-state index is -0.305. The van der Waals surface area contributed by atoms with Crippen molar-refractivity contribution in [3.8, 4) is 11.3 Å². The van der Waals surface area contributed by atoms with Crippen molar-refractivity contribution in [1.82, 2.24) is 19.6 Å². The van der Waals surface area contributed by atoms with E-state index in [1.807, 2.05) is 12.1 Å². The highest BCUT2D eigenvalue weighted by Gasteiger charge is 2.09. The molecular formula is C26H30FN5O. The third kappa shape index (κ3) is 6.06. The van der Waals surface area contributed by atoms with Crippen LogP contribution in [0.5, 0.6) is 0 Å². The van der Waals surface area contributed by atoms with Gasteiger partial charge in [-0.25, -0.2) is 9.07 Å². The van der Waals surface area contributed by atoms with Crippen LogP contribution >= 0.6 is 0 Å². The van der Waals surface area contributed by atoms with Gasteiger partial charge in [0.1, 0.15) is 18.1 Å². The third-order valence-corrected chi connectivity index (χ3v) is 5.79. The zero-order valence-corrected chi connectivity index (χ0v) is 19.0. The van der Waals surface area contributed by atoms with Crippen LogP contribution in [0.4, 0.5) is 10.1 Å². The van der Waals surface area contributed by atoms with Crippen molar-refractivity contribution in [3.63, 3.8) is 0 Å². The number of rotatable bonds is 11. The van der Waals surface area contributed by atoms with Gasteiger partial charge in [0.05, 0.1) is 6.20 Å². The first kappa shape index (κ1) is 22.7. The highest BCUT2D eigenvalue weighted by Crippen LogP contribution is 2.22. The quantitative estimate of drug-likeness (QED) is 0.285. The number of hydrogen-bond acceptors (Lipinski definition) is 3. The molecule has 0 aliphatic rings. The summed E-state index contributed by atoms with van der Waals surface area (Å²) in [5.74, 6) is -0.489. The normalized spacial score (nSPS) is 11.2. The molecule has 4 rings (SSSR count). The third-order valence-electron chi connectivity index (χ3n) is 5.79. The van der Waals surface area contributed by atoms with Crippen LogP contribution < -0.4 is 5.32 Å². The van der Waals surface area contributed by atoms with Gasteiger partial charge in [-0.2, -0.15) is 0 Å². The molecule has 2 aromatic heterocycles. The molecule has 2 heterocycles. The van der Waals surface area contributed by atoms with Crippen LogP contribution in [0.15, 0.2) is 60.9 Å². The summed E-state index contributed by atoms with van der Waals surface area (Å²) in [4.78, 5) is 12.5. The first-order valence-electron chi connectivity index (χ1n) is 11.7. The smallest absolute Gasteiger partial charge is 0.246 e. The van der Waals surface area contributed by atoms with E-state index in [1.165, 1.54) is 60.9 Å². The van der Waals surface area contributed by atoms with Crippen molar-refractivity contribution in [2.24, 2.45) is 0 Å². The van der Waals surface area contributed by atoms with Gasteiger partial charge in [0.15, 0.2) is 0 Å². The monoisotopic (exact) mass is 447 g/mol. The highest BCUT2D eigenvalue weighted by molar-refractivity contribution is 5.93. The second-order valence-corrected chi connectivity index (χ2v) is 8.41. The number of aryl methyl sites for hydroxylation is 1. The number of carbonyl (C=O) groups excluding carboxylic acids is 1. The molecule has 0 aliphatic heterocycles. The molecule has 6 nitrogen and oxygen atoms in total. The Morgan fingerprint density at radius 1 is 1.00 bits per heavy atom. The fraction of sp³-hybridized carbons (Fsp3) is 0.346. The van der Waals surface area contributed by atoms with Gasteiger partial charge in [0.25, 0.3) is 0 Å². The fourth-order valence-corrected chi connectivity index (χ4v) is 4.01. The lowest BCUT2D eigenvalue weighted by molar-refractivity contribution is -0.116.